The summed E-state index contributed by atoms with van der Waals surface area (Å²) in [7, 11) is 0. The Hall–Kier alpha value is 3.17. The van der Waals surface area contributed by atoms with E-state index >= 15 is 0 Å². The van der Waals surface area contributed by atoms with Gasteiger partial charge in [-0.25, -0.2) is 0 Å². The topological polar surface area (TPSA) is 0 Å². The third-order valence-electron chi connectivity index (χ3n) is 0. The van der Waals surface area contributed by atoms with E-state index in [0.29, 0.717) is 0 Å². The SMILES string of the molecule is [In].[Mg].[Mg].[Mg]. The van der Waals surface area contributed by atoms with E-state index in [-0.39, 0.29) is 95.0 Å². The largest absolute Gasteiger partial charge is 0 e. The molecule has 0 nitrogen and oxygen atoms in total. The summed E-state index contributed by atoms with van der Waals surface area (Å²) in [5, 5.41) is 0. The summed E-state index contributed by atoms with van der Waals surface area (Å²) in [6, 6.07) is 0. The minimum Gasteiger partial charge on any atom is 0 e. The van der Waals surface area contributed by atoms with Crippen molar-refractivity contribution in [2.24, 2.45) is 0 Å². The summed E-state index contributed by atoms with van der Waals surface area (Å²) in [5.74, 6) is 0. The molecule has 0 spiro atoms. The van der Waals surface area contributed by atoms with Gasteiger partial charge in [0.2, 0.25) is 0 Å². The first-order valence-electron chi connectivity index (χ1n) is 0. The molecule has 0 saturated heterocycles. The van der Waals surface area contributed by atoms with Crippen LogP contribution in [0.4, 0.5) is 0 Å². The molecule has 0 aliphatic rings. The minimum absolute atomic E-state index is 0. The third-order valence-corrected chi connectivity index (χ3v) is 0. The molecule has 0 aromatic rings. The van der Waals surface area contributed by atoms with Crippen LogP contribution in [0.1, 0.15) is 0 Å². The Kier molecular flexibility index (Phi) is 111. The van der Waals surface area contributed by atoms with Crippen LogP contribution in [0, 0.1) is 0 Å². The Morgan fingerprint density at radius 1 is 0.500 bits per heavy atom. The van der Waals surface area contributed by atoms with Crippen molar-refractivity contribution in [3.63, 3.8) is 0 Å². The molecule has 4 heavy (non-hydrogen) atoms. The van der Waals surface area contributed by atoms with E-state index in [4.69, 9.17) is 0 Å². The Balaban J connectivity index is 0. The van der Waals surface area contributed by atoms with Crippen LogP contribution in [-0.2, 0) is 0 Å². The van der Waals surface area contributed by atoms with Gasteiger partial charge in [-0.1, -0.05) is 0 Å². The number of hydrogen-bond donors (Lipinski definition) is 0. The average Bonchev–Trinajstić information content (AvgIpc) is 0. The first kappa shape index (κ1) is 27.2. The summed E-state index contributed by atoms with van der Waals surface area (Å²) in [6.45, 7) is 0. The van der Waals surface area contributed by atoms with Crippen molar-refractivity contribution in [2.75, 3.05) is 0 Å². The maximum atomic E-state index is 0. The normalized spacial score (nSPS) is 0. The fourth-order valence-electron chi connectivity index (χ4n) is 0. The second-order valence-electron chi connectivity index (χ2n) is 0. The van der Waals surface area contributed by atoms with E-state index in [1.165, 1.54) is 0 Å². The molecule has 0 rings (SSSR count). The number of hydrogen-bond acceptors (Lipinski definition) is 0. The van der Waals surface area contributed by atoms with Crippen molar-refractivity contribution in [3.8, 4) is 0 Å². The molecule has 0 fully saturated rings. The van der Waals surface area contributed by atoms with Crippen molar-refractivity contribution in [1.29, 1.82) is 0 Å². The zero-order valence-corrected chi connectivity index (χ0v) is 10.2. The van der Waals surface area contributed by atoms with Crippen LogP contribution in [0.3, 0.4) is 0 Å². The Bertz CT molecular complexity index is 3.25. The molecule has 0 N–H and O–H groups in total. The van der Waals surface area contributed by atoms with Crippen LogP contribution < -0.4 is 0 Å². The quantitative estimate of drug-likeness (QED) is 0.404. The summed E-state index contributed by atoms with van der Waals surface area (Å²) < 4.78 is 0. The minimum atomic E-state index is 0. The van der Waals surface area contributed by atoms with Crippen molar-refractivity contribution in [3.05, 3.63) is 0 Å². The molecule has 0 unspecified atom stereocenters. The van der Waals surface area contributed by atoms with Crippen LogP contribution in [-0.4, -0.2) is 95.0 Å². The van der Waals surface area contributed by atoms with Crippen molar-refractivity contribution >= 4 is 95.0 Å². The third kappa shape index (κ3) is 8.95. The van der Waals surface area contributed by atoms with Gasteiger partial charge in [0.15, 0.2) is 0 Å². The van der Waals surface area contributed by atoms with Gasteiger partial charge in [-0.2, -0.15) is 0 Å². The van der Waals surface area contributed by atoms with Gasteiger partial charge in [0.1, 0.15) is 0 Å². The fraction of sp³-hybridized carbons (Fsp3) is 0. The first-order chi connectivity index (χ1) is 0. The van der Waals surface area contributed by atoms with E-state index < -0.39 is 0 Å². The van der Waals surface area contributed by atoms with Crippen LogP contribution in [0.5, 0.6) is 0 Å². The van der Waals surface area contributed by atoms with Gasteiger partial charge in [-0.3, -0.25) is 0 Å². The Morgan fingerprint density at radius 3 is 0.500 bits per heavy atom. The van der Waals surface area contributed by atoms with E-state index in [1.807, 2.05) is 0 Å². The van der Waals surface area contributed by atoms with Gasteiger partial charge in [-0.05, 0) is 0 Å². The standard InChI is InChI=1S/In.3Mg. The molecule has 9 valence electrons. The molecule has 4 heteroatoms. The summed E-state index contributed by atoms with van der Waals surface area (Å²) in [6.07, 6.45) is 0. The average molecular weight is 188 g/mol. The van der Waals surface area contributed by atoms with Gasteiger partial charge in [-0.15, -0.1) is 0 Å². The zero-order valence-electron chi connectivity index (χ0n) is 2.70. The molecular formula is InMg3. The summed E-state index contributed by atoms with van der Waals surface area (Å²) in [4.78, 5) is 0. The van der Waals surface area contributed by atoms with Gasteiger partial charge in [0.05, 0.1) is 0 Å². The predicted molar refractivity (Wildman–Crippen MR) is 23.0 cm³/mol. The van der Waals surface area contributed by atoms with Gasteiger partial charge in [0, 0.05) is 95.0 Å². The van der Waals surface area contributed by atoms with E-state index in [2.05, 4.69) is 0 Å². The summed E-state index contributed by atoms with van der Waals surface area (Å²) in [5.41, 5.74) is 0. The van der Waals surface area contributed by atoms with Crippen molar-refractivity contribution in [1.82, 2.24) is 0 Å². The monoisotopic (exact) mass is 187 g/mol. The maximum Gasteiger partial charge on any atom is 0 e. The van der Waals surface area contributed by atoms with E-state index in [9.17, 15) is 0 Å². The molecule has 0 aliphatic carbocycles. The van der Waals surface area contributed by atoms with Gasteiger partial charge >= 0.3 is 0 Å². The predicted octanol–water partition coefficient (Wildman–Crippen LogP) is -1.52. The van der Waals surface area contributed by atoms with Crippen LogP contribution in [0.15, 0.2) is 0 Å². The fourth-order valence-corrected chi connectivity index (χ4v) is 0. The molecule has 0 saturated carbocycles. The molecular weight excluding hydrogens is 188 g/mol. The second-order valence-corrected chi connectivity index (χ2v) is 0. The zero-order chi connectivity index (χ0) is 0. The molecule has 9 radical (unpaired) electrons. The summed E-state index contributed by atoms with van der Waals surface area (Å²) >= 11 is 0. The molecule has 0 heterocycles. The Labute approximate surface area is 93.1 Å². The van der Waals surface area contributed by atoms with Crippen molar-refractivity contribution in [2.45, 2.75) is 0 Å². The first-order valence-corrected chi connectivity index (χ1v) is 0. The van der Waals surface area contributed by atoms with Gasteiger partial charge in [0.25, 0.3) is 0 Å². The van der Waals surface area contributed by atoms with Gasteiger partial charge < -0.3 is 0 Å². The van der Waals surface area contributed by atoms with Crippen molar-refractivity contribution < 1.29 is 0 Å². The second kappa shape index (κ2) is 16.4. The molecule has 0 aromatic heterocycles. The molecule has 0 aromatic carbocycles. The van der Waals surface area contributed by atoms with E-state index in [0.717, 1.165) is 0 Å². The molecule has 0 bridgehead atoms. The molecule has 0 atom stereocenters. The van der Waals surface area contributed by atoms with E-state index in [1.54, 1.807) is 0 Å². The van der Waals surface area contributed by atoms with Crippen LogP contribution >= 0.6 is 0 Å². The van der Waals surface area contributed by atoms with Crippen LogP contribution in [0.2, 0.25) is 0 Å². The van der Waals surface area contributed by atoms with Crippen LogP contribution in [0.25, 0.3) is 0 Å². The smallest absolute Gasteiger partial charge is 0 e. The Morgan fingerprint density at radius 2 is 0.500 bits per heavy atom. The number of rotatable bonds is 0. The molecule has 0 amide bonds. The maximum absolute atomic E-state index is 0. The molecule has 0 aliphatic heterocycles.